The zero-order valence-electron chi connectivity index (χ0n) is 17.3. The molecule has 1 aromatic carbocycles. The van der Waals surface area contributed by atoms with E-state index in [-0.39, 0.29) is 0 Å². The molecule has 1 atom stereocenters. The van der Waals surface area contributed by atoms with Crippen LogP contribution in [0.25, 0.3) is 11.5 Å². The summed E-state index contributed by atoms with van der Waals surface area (Å²) in [6, 6.07) is 8.05. The van der Waals surface area contributed by atoms with Crippen molar-refractivity contribution < 1.29 is 18.2 Å². The molecule has 0 saturated carbocycles. The summed E-state index contributed by atoms with van der Waals surface area (Å²) < 4.78 is 33.8. The molecule has 0 N–H and O–H groups in total. The number of morpholine rings is 1. The lowest BCUT2D eigenvalue weighted by molar-refractivity contribution is 0.0661. The van der Waals surface area contributed by atoms with E-state index in [0.29, 0.717) is 50.1 Å². The molecule has 4 rings (SSSR count). The van der Waals surface area contributed by atoms with Gasteiger partial charge >= 0.3 is 7.52 Å². The molecule has 3 heterocycles. The first kappa shape index (κ1) is 20.6. The number of nitrogens with zero attached hydrogens (tertiary/aromatic N) is 3. The number of aromatic nitrogens is 1. The molecule has 2 fully saturated rings. The number of ether oxygens (including phenoxy) is 1. The van der Waals surface area contributed by atoms with E-state index in [1.54, 1.807) is 0 Å². The van der Waals surface area contributed by atoms with Gasteiger partial charge in [0.1, 0.15) is 0 Å². The molecular weight excluding hydrogens is 389 g/mol. The second-order valence-corrected chi connectivity index (χ2v) is 9.85. The molecular formula is C21H30N3O4P. The van der Waals surface area contributed by atoms with Crippen LogP contribution < -0.4 is 10.3 Å². The topological polar surface area (TPSA) is 68.0 Å². The van der Waals surface area contributed by atoms with Crippen molar-refractivity contribution in [1.29, 1.82) is 0 Å². The fourth-order valence-electron chi connectivity index (χ4n) is 3.88. The van der Waals surface area contributed by atoms with Gasteiger partial charge in [0.2, 0.25) is 17.2 Å². The molecule has 2 aromatic rings. The normalized spacial score (nSPS) is 20.6. The summed E-state index contributed by atoms with van der Waals surface area (Å²) in [5.74, 6) is 1.09. The SMILES string of the molecule is CCO[P@@](=O)(c1nc(-c2ccc(C)cc2)oc1N1CCCCC1)N1CCOCC1. The van der Waals surface area contributed by atoms with Crippen molar-refractivity contribution in [2.75, 3.05) is 50.9 Å². The molecule has 7 nitrogen and oxygen atoms in total. The second-order valence-electron chi connectivity index (χ2n) is 7.57. The highest BCUT2D eigenvalue weighted by molar-refractivity contribution is 7.64. The van der Waals surface area contributed by atoms with Crippen LogP contribution in [-0.2, 0) is 13.8 Å². The summed E-state index contributed by atoms with van der Waals surface area (Å²) in [5.41, 5.74) is 2.49. The Morgan fingerprint density at radius 3 is 2.41 bits per heavy atom. The predicted octanol–water partition coefficient (Wildman–Crippen LogP) is 3.83. The van der Waals surface area contributed by atoms with Gasteiger partial charge in [-0.15, -0.1) is 0 Å². The van der Waals surface area contributed by atoms with Crippen molar-refractivity contribution in [1.82, 2.24) is 9.65 Å². The van der Waals surface area contributed by atoms with Crippen molar-refractivity contribution in [2.24, 2.45) is 0 Å². The Balaban J connectivity index is 1.79. The van der Waals surface area contributed by atoms with Gasteiger partial charge in [-0.25, -0.2) is 4.67 Å². The lowest BCUT2D eigenvalue weighted by Gasteiger charge is -2.34. The van der Waals surface area contributed by atoms with Crippen LogP contribution in [0, 0.1) is 6.92 Å². The smallest absolute Gasteiger partial charge is 0.326 e. The van der Waals surface area contributed by atoms with Gasteiger partial charge < -0.3 is 18.6 Å². The average Bonchev–Trinajstić information content (AvgIpc) is 3.22. The summed E-state index contributed by atoms with van der Waals surface area (Å²) >= 11 is 0. The Bertz CT molecular complexity index is 855. The van der Waals surface area contributed by atoms with Crippen molar-refractivity contribution in [2.45, 2.75) is 33.1 Å². The van der Waals surface area contributed by atoms with Crippen molar-refractivity contribution in [3.8, 4) is 11.5 Å². The third-order valence-corrected chi connectivity index (χ3v) is 8.04. The second kappa shape index (κ2) is 9.00. The van der Waals surface area contributed by atoms with Gasteiger partial charge in [-0.2, -0.15) is 4.98 Å². The summed E-state index contributed by atoms with van der Waals surface area (Å²) in [5, 5.41) is 0. The van der Waals surface area contributed by atoms with Gasteiger partial charge in [0.15, 0.2) is 0 Å². The molecule has 2 saturated heterocycles. The lowest BCUT2D eigenvalue weighted by atomic mass is 10.1. The zero-order valence-corrected chi connectivity index (χ0v) is 18.2. The minimum Gasteiger partial charge on any atom is -0.420 e. The Kier molecular flexibility index (Phi) is 6.40. The predicted molar refractivity (Wildman–Crippen MR) is 114 cm³/mol. The highest BCUT2D eigenvalue weighted by atomic mass is 31.2. The van der Waals surface area contributed by atoms with Gasteiger partial charge in [0.05, 0.1) is 19.8 Å². The van der Waals surface area contributed by atoms with Gasteiger partial charge in [-0.05, 0) is 45.2 Å². The fraction of sp³-hybridized carbons (Fsp3) is 0.571. The third-order valence-electron chi connectivity index (χ3n) is 5.47. The average molecular weight is 419 g/mol. The van der Waals surface area contributed by atoms with E-state index in [9.17, 15) is 4.57 Å². The molecule has 158 valence electrons. The Morgan fingerprint density at radius 1 is 1.07 bits per heavy atom. The maximum absolute atomic E-state index is 14.2. The Hall–Kier alpha value is -1.66. The molecule has 29 heavy (non-hydrogen) atoms. The van der Waals surface area contributed by atoms with Crippen LogP contribution in [0.2, 0.25) is 0 Å². The molecule has 0 amide bonds. The minimum atomic E-state index is -3.35. The molecule has 2 aliphatic heterocycles. The molecule has 8 heteroatoms. The van der Waals surface area contributed by atoms with E-state index in [0.717, 1.165) is 31.5 Å². The summed E-state index contributed by atoms with van der Waals surface area (Å²) in [6.07, 6.45) is 3.39. The summed E-state index contributed by atoms with van der Waals surface area (Å²) in [7, 11) is -3.35. The first-order valence-corrected chi connectivity index (χ1v) is 12.1. The molecule has 0 unspecified atom stereocenters. The Labute approximate surface area is 172 Å². The highest BCUT2D eigenvalue weighted by Gasteiger charge is 2.42. The van der Waals surface area contributed by atoms with Crippen LogP contribution in [0.1, 0.15) is 31.7 Å². The third kappa shape index (κ3) is 4.29. The van der Waals surface area contributed by atoms with E-state index in [1.807, 2.05) is 42.8 Å². The van der Waals surface area contributed by atoms with Gasteiger partial charge in [0, 0.05) is 31.7 Å². The number of hydrogen-bond donors (Lipinski definition) is 0. The van der Waals surface area contributed by atoms with Crippen LogP contribution in [0.5, 0.6) is 0 Å². The number of anilines is 1. The lowest BCUT2D eigenvalue weighted by Crippen LogP contribution is -2.40. The van der Waals surface area contributed by atoms with E-state index < -0.39 is 7.52 Å². The van der Waals surface area contributed by atoms with E-state index in [2.05, 4.69) is 4.90 Å². The zero-order chi connectivity index (χ0) is 20.3. The van der Waals surface area contributed by atoms with E-state index in [4.69, 9.17) is 18.7 Å². The number of aryl methyl sites for hydroxylation is 1. The van der Waals surface area contributed by atoms with Gasteiger partial charge in [-0.1, -0.05) is 17.7 Å². The van der Waals surface area contributed by atoms with E-state index in [1.165, 1.54) is 12.0 Å². The largest absolute Gasteiger partial charge is 0.420 e. The van der Waals surface area contributed by atoms with Gasteiger partial charge in [-0.3, -0.25) is 4.57 Å². The monoisotopic (exact) mass is 419 g/mol. The van der Waals surface area contributed by atoms with Crippen molar-refractivity contribution in [3.63, 3.8) is 0 Å². The Morgan fingerprint density at radius 2 is 1.76 bits per heavy atom. The fourth-order valence-corrected chi connectivity index (χ4v) is 6.12. The number of piperidine rings is 1. The number of benzene rings is 1. The van der Waals surface area contributed by atoms with Crippen LogP contribution in [0.15, 0.2) is 28.7 Å². The molecule has 1 aromatic heterocycles. The molecule has 0 spiro atoms. The molecule has 0 radical (unpaired) electrons. The number of rotatable bonds is 6. The number of oxazole rings is 1. The minimum absolute atomic E-state index is 0.348. The van der Waals surface area contributed by atoms with Crippen LogP contribution in [0.3, 0.4) is 0 Å². The van der Waals surface area contributed by atoms with E-state index >= 15 is 0 Å². The molecule has 0 aliphatic carbocycles. The van der Waals surface area contributed by atoms with Crippen LogP contribution in [-0.4, -0.2) is 55.7 Å². The highest BCUT2D eigenvalue weighted by Crippen LogP contribution is 2.52. The van der Waals surface area contributed by atoms with Gasteiger partial charge in [0.25, 0.3) is 0 Å². The van der Waals surface area contributed by atoms with Crippen LogP contribution >= 0.6 is 7.52 Å². The maximum atomic E-state index is 14.2. The summed E-state index contributed by atoms with van der Waals surface area (Å²) in [6.45, 7) is 8.22. The standard InChI is InChI=1S/C21H30N3O4P/c1-3-27-29(25,24-13-15-26-16-14-24)20-21(23-11-5-4-6-12-23)28-19(22-20)18-9-7-17(2)8-10-18/h7-10H,3-6,11-16H2,1-2H3/t29-/m0/s1. The maximum Gasteiger partial charge on any atom is 0.326 e. The van der Waals surface area contributed by atoms with Crippen LogP contribution in [0.4, 0.5) is 5.88 Å². The summed E-state index contributed by atoms with van der Waals surface area (Å²) in [4.78, 5) is 6.95. The molecule has 0 bridgehead atoms. The first-order chi connectivity index (χ1) is 14.1. The molecule has 2 aliphatic rings. The van der Waals surface area contributed by atoms with Crippen molar-refractivity contribution in [3.05, 3.63) is 29.8 Å². The van der Waals surface area contributed by atoms with Crippen molar-refractivity contribution >= 4 is 18.8 Å². The first-order valence-electron chi connectivity index (χ1n) is 10.5. The number of hydrogen-bond acceptors (Lipinski definition) is 6. The quantitative estimate of drug-likeness (QED) is 0.659.